The van der Waals surface area contributed by atoms with Gasteiger partial charge < -0.3 is 15.4 Å². The summed E-state index contributed by atoms with van der Waals surface area (Å²) in [6, 6.07) is 8.26. The fourth-order valence-corrected chi connectivity index (χ4v) is 3.96. The van der Waals surface area contributed by atoms with Gasteiger partial charge in [-0.2, -0.15) is 4.68 Å². The number of aromatic nitrogens is 3. The van der Waals surface area contributed by atoms with Crippen molar-refractivity contribution in [2.24, 2.45) is 11.7 Å². The number of nitrogens with two attached hydrogens (primary N) is 1. The summed E-state index contributed by atoms with van der Waals surface area (Å²) in [6.07, 6.45) is 1.87. The maximum Gasteiger partial charge on any atom is 0.226 e. The molecule has 2 heterocycles. The summed E-state index contributed by atoms with van der Waals surface area (Å²) in [5.41, 5.74) is 7.73. The molecule has 1 fully saturated rings. The van der Waals surface area contributed by atoms with Crippen LogP contribution in [0.3, 0.4) is 0 Å². The van der Waals surface area contributed by atoms with Crippen molar-refractivity contribution < 1.29 is 14.4 Å². The van der Waals surface area contributed by atoms with Gasteiger partial charge in [-0.15, -0.1) is 5.10 Å². The molecular weight excluding hydrogens is 362 g/mol. The van der Waals surface area contributed by atoms with Crippen LogP contribution < -0.4 is 10.6 Å². The first kappa shape index (κ1) is 19.7. The normalized spacial score (nSPS) is 19.9. The Hall–Kier alpha value is -2.03. The van der Waals surface area contributed by atoms with E-state index in [-0.39, 0.29) is 11.8 Å². The van der Waals surface area contributed by atoms with Gasteiger partial charge in [0.15, 0.2) is 12.5 Å². The molecule has 0 radical (unpaired) electrons. The van der Waals surface area contributed by atoms with Gasteiger partial charge in [0.25, 0.3) is 0 Å². The molecule has 3 rings (SSSR count). The van der Waals surface area contributed by atoms with Crippen molar-refractivity contribution in [2.75, 3.05) is 26.8 Å². The van der Waals surface area contributed by atoms with E-state index in [2.05, 4.69) is 25.1 Å². The van der Waals surface area contributed by atoms with E-state index in [1.165, 1.54) is 10.5 Å². The fraction of sp³-hybridized carbons (Fsp3) is 0.526. The summed E-state index contributed by atoms with van der Waals surface area (Å²) < 4.78 is 9.84. The number of amides is 1. The number of aryl methyl sites for hydroxylation is 1. The van der Waals surface area contributed by atoms with Gasteiger partial charge in [-0.3, -0.25) is 9.36 Å². The average Bonchev–Trinajstić information content (AvgIpc) is 2.96. The van der Waals surface area contributed by atoms with Gasteiger partial charge in [0, 0.05) is 12.7 Å². The number of methoxy groups -OCH3 is 1. The van der Waals surface area contributed by atoms with Crippen LogP contribution in [0.4, 0.5) is 0 Å². The Labute approximate surface area is 164 Å². The molecule has 27 heavy (non-hydrogen) atoms. The Morgan fingerprint density at radius 3 is 3.00 bits per heavy atom. The number of hydrogen-bond acceptors (Lipinski definition) is 4. The number of hydrogen-bond donors (Lipinski definition) is 2. The number of piperidine rings is 1. The van der Waals surface area contributed by atoms with Crippen LogP contribution in [0.25, 0.3) is 11.4 Å². The largest absolute Gasteiger partial charge is 0.383 e. The first-order chi connectivity index (χ1) is 13.0. The molecule has 0 saturated carbocycles. The van der Waals surface area contributed by atoms with E-state index in [1.807, 2.05) is 15.3 Å². The van der Waals surface area contributed by atoms with E-state index in [4.69, 9.17) is 27.8 Å². The smallest absolute Gasteiger partial charge is 0.226 e. The fourth-order valence-electron chi connectivity index (χ4n) is 3.68. The van der Waals surface area contributed by atoms with Crippen molar-refractivity contribution in [1.29, 1.82) is 0 Å². The molecule has 2 aromatic rings. The van der Waals surface area contributed by atoms with E-state index in [0.717, 1.165) is 37.3 Å². The Bertz CT molecular complexity index is 860. The van der Waals surface area contributed by atoms with Gasteiger partial charge in [-0.05, 0) is 38.0 Å². The van der Waals surface area contributed by atoms with Crippen LogP contribution in [-0.4, -0.2) is 47.1 Å². The molecule has 146 valence electrons. The van der Waals surface area contributed by atoms with Crippen LogP contribution in [0, 0.1) is 17.6 Å². The lowest BCUT2D eigenvalue weighted by Crippen LogP contribution is -3.13. The molecule has 0 aliphatic carbocycles. The summed E-state index contributed by atoms with van der Waals surface area (Å²) in [5.74, 6) is 0.584. The number of primary amides is 1. The van der Waals surface area contributed by atoms with Crippen molar-refractivity contribution in [1.82, 2.24) is 14.3 Å². The molecular formula is C19H28N5O2S+. The van der Waals surface area contributed by atoms with Gasteiger partial charge >= 0.3 is 0 Å². The standard InChI is InChI=1S/C19H27N5O2S/c1-14-5-3-6-15(11-14)18-21-24(19(27)23(18)9-10-26-2)13-22-8-4-7-16(12-22)17(20)25/h3,5-6,11,16H,4,7-10,12-13H2,1-2H3,(H2,20,25)/p+1/t16-/m0/s1. The molecule has 1 saturated heterocycles. The number of rotatable bonds is 7. The molecule has 1 amide bonds. The molecule has 8 heteroatoms. The second-order valence-corrected chi connectivity index (χ2v) is 7.59. The van der Waals surface area contributed by atoms with Crippen molar-refractivity contribution in [2.45, 2.75) is 33.0 Å². The minimum absolute atomic E-state index is 0.0604. The predicted octanol–water partition coefficient (Wildman–Crippen LogP) is 0.774. The lowest BCUT2D eigenvalue weighted by Gasteiger charge is -2.27. The number of ether oxygens (including phenoxy) is 1. The third-order valence-electron chi connectivity index (χ3n) is 5.11. The van der Waals surface area contributed by atoms with Crippen LogP contribution in [0.5, 0.6) is 0 Å². The molecule has 1 aliphatic rings. The SMILES string of the molecule is COCCn1c(-c2cccc(C)c2)nn(C[NH+]2CCC[C@H](C(N)=O)C2)c1=S. The highest BCUT2D eigenvalue weighted by Gasteiger charge is 2.28. The van der Waals surface area contributed by atoms with E-state index < -0.39 is 0 Å². The van der Waals surface area contributed by atoms with Gasteiger partial charge in [0.05, 0.1) is 32.2 Å². The first-order valence-corrected chi connectivity index (χ1v) is 9.77. The third-order valence-corrected chi connectivity index (χ3v) is 5.54. The molecule has 0 bridgehead atoms. The lowest BCUT2D eigenvalue weighted by atomic mass is 9.98. The van der Waals surface area contributed by atoms with Crippen molar-refractivity contribution >= 4 is 18.1 Å². The van der Waals surface area contributed by atoms with Gasteiger partial charge in [0.2, 0.25) is 10.7 Å². The molecule has 1 aliphatic heterocycles. The van der Waals surface area contributed by atoms with Crippen molar-refractivity contribution in [3.8, 4) is 11.4 Å². The summed E-state index contributed by atoms with van der Waals surface area (Å²) in [4.78, 5) is 12.8. The minimum Gasteiger partial charge on any atom is -0.383 e. The summed E-state index contributed by atoms with van der Waals surface area (Å²) in [7, 11) is 1.68. The Balaban J connectivity index is 1.89. The summed E-state index contributed by atoms with van der Waals surface area (Å²) in [5, 5.41) is 4.82. The van der Waals surface area contributed by atoms with E-state index in [9.17, 15) is 4.79 Å². The highest BCUT2D eigenvalue weighted by atomic mass is 32.1. The number of carbonyl (C=O) groups is 1. The molecule has 2 atom stereocenters. The Kier molecular flexibility index (Phi) is 6.41. The van der Waals surface area contributed by atoms with E-state index in [0.29, 0.717) is 24.6 Å². The summed E-state index contributed by atoms with van der Waals surface area (Å²) >= 11 is 5.71. The molecule has 7 nitrogen and oxygen atoms in total. The lowest BCUT2D eigenvalue weighted by molar-refractivity contribution is -0.930. The molecule has 1 unspecified atom stereocenters. The maximum atomic E-state index is 11.6. The average molecular weight is 391 g/mol. The monoisotopic (exact) mass is 390 g/mol. The third kappa shape index (κ3) is 4.63. The van der Waals surface area contributed by atoms with Gasteiger partial charge in [-0.25, -0.2) is 0 Å². The van der Waals surface area contributed by atoms with Crippen LogP contribution in [0.1, 0.15) is 18.4 Å². The topological polar surface area (TPSA) is 79.5 Å². The maximum absolute atomic E-state index is 11.6. The van der Waals surface area contributed by atoms with E-state index >= 15 is 0 Å². The van der Waals surface area contributed by atoms with Crippen molar-refractivity contribution in [3.05, 3.63) is 34.6 Å². The quantitative estimate of drug-likeness (QED) is 0.685. The zero-order valence-electron chi connectivity index (χ0n) is 16.0. The minimum atomic E-state index is -0.207. The second-order valence-electron chi connectivity index (χ2n) is 7.22. The number of likely N-dealkylation sites (tertiary alicyclic amines) is 1. The van der Waals surface area contributed by atoms with Gasteiger partial charge in [0.1, 0.15) is 0 Å². The molecule has 3 N–H and O–H groups in total. The summed E-state index contributed by atoms with van der Waals surface area (Å²) in [6.45, 7) is 5.66. The van der Waals surface area contributed by atoms with E-state index in [1.54, 1.807) is 7.11 Å². The highest BCUT2D eigenvalue weighted by Crippen LogP contribution is 2.19. The van der Waals surface area contributed by atoms with Crippen LogP contribution >= 0.6 is 12.2 Å². The number of nitrogens with one attached hydrogen (secondary N) is 1. The van der Waals surface area contributed by atoms with Crippen LogP contribution in [-0.2, 0) is 22.7 Å². The van der Waals surface area contributed by atoms with Crippen LogP contribution in [0.2, 0.25) is 0 Å². The second kappa shape index (κ2) is 8.77. The number of quaternary nitrogens is 1. The predicted molar refractivity (Wildman–Crippen MR) is 106 cm³/mol. The molecule has 0 spiro atoms. The van der Waals surface area contributed by atoms with Gasteiger partial charge in [-0.1, -0.05) is 23.8 Å². The molecule has 1 aromatic carbocycles. The number of nitrogens with zero attached hydrogens (tertiary/aromatic N) is 3. The Morgan fingerprint density at radius 2 is 2.30 bits per heavy atom. The zero-order chi connectivity index (χ0) is 19.4. The zero-order valence-corrected chi connectivity index (χ0v) is 16.8. The Morgan fingerprint density at radius 1 is 1.48 bits per heavy atom. The highest BCUT2D eigenvalue weighted by molar-refractivity contribution is 7.71. The van der Waals surface area contributed by atoms with Crippen LogP contribution in [0.15, 0.2) is 24.3 Å². The molecule has 1 aromatic heterocycles. The first-order valence-electron chi connectivity index (χ1n) is 9.36. The number of benzene rings is 1. The number of carbonyl (C=O) groups excluding carboxylic acids is 1. The van der Waals surface area contributed by atoms with Crippen molar-refractivity contribution in [3.63, 3.8) is 0 Å².